The minimum Gasteiger partial charge on any atom is -0.353 e. The van der Waals surface area contributed by atoms with Crippen molar-refractivity contribution in [2.45, 2.75) is 18.7 Å². The van der Waals surface area contributed by atoms with E-state index in [1.165, 1.54) is 6.92 Å². The Morgan fingerprint density at radius 3 is 3.17 bits per heavy atom. The van der Waals surface area contributed by atoms with Gasteiger partial charge in [0.25, 0.3) is 0 Å². The smallest absolute Gasteiger partial charge is 0.217 e. The molecular weight excluding hydrogens is 174 g/mol. The van der Waals surface area contributed by atoms with Crippen LogP contribution in [-0.4, -0.2) is 17.8 Å². The highest BCUT2D eigenvalue weighted by atomic mass is 35.5. The first kappa shape index (κ1) is 9.33. The third kappa shape index (κ3) is 2.70. The standard InChI is InChI=1S/C9H12ClNO/c1-7(12)11-6-8-4-2-3-5-9(8)10/h2-4,9H,5-6H2,1H3,(H,11,12). The number of carbonyl (C=O) groups is 1. The van der Waals surface area contributed by atoms with Crippen molar-refractivity contribution in [1.82, 2.24) is 5.32 Å². The summed E-state index contributed by atoms with van der Waals surface area (Å²) < 4.78 is 0. The number of nitrogens with one attached hydrogen (secondary N) is 1. The average molecular weight is 186 g/mol. The van der Waals surface area contributed by atoms with Crippen molar-refractivity contribution < 1.29 is 4.79 Å². The van der Waals surface area contributed by atoms with Crippen LogP contribution in [0.1, 0.15) is 13.3 Å². The molecule has 0 bridgehead atoms. The maximum Gasteiger partial charge on any atom is 0.217 e. The zero-order chi connectivity index (χ0) is 8.97. The van der Waals surface area contributed by atoms with Crippen molar-refractivity contribution >= 4 is 17.5 Å². The van der Waals surface area contributed by atoms with E-state index in [-0.39, 0.29) is 11.3 Å². The maximum absolute atomic E-state index is 10.6. The van der Waals surface area contributed by atoms with Gasteiger partial charge < -0.3 is 5.32 Å². The first-order valence-electron chi connectivity index (χ1n) is 3.94. The lowest BCUT2D eigenvalue weighted by molar-refractivity contribution is -0.118. The van der Waals surface area contributed by atoms with Crippen molar-refractivity contribution in [2.24, 2.45) is 0 Å². The number of rotatable bonds is 2. The molecule has 1 N–H and O–H groups in total. The highest BCUT2D eigenvalue weighted by Gasteiger charge is 2.11. The predicted molar refractivity (Wildman–Crippen MR) is 50.2 cm³/mol. The summed E-state index contributed by atoms with van der Waals surface area (Å²) in [6, 6.07) is 0. The summed E-state index contributed by atoms with van der Waals surface area (Å²) in [7, 11) is 0. The Kier molecular flexibility index (Phi) is 3.35. The lowest BCUT2D eigenvalue weighted by Gasteiger charge is -2.14. The second-order valence-electron chi connectivity index (χ2n) is 2.78. The van der Waals surface area contributed by atoms with Gasteiger partial charge in [-0.05, 0) is 12.0 Å². The molecular formula is C9H12ClNO. The van der Waals surface area contributed by atoms with Gasteiger partial charge in [0, 0.05) is 13.5 Å². The van der Waals surface area contributed by atoms with Gasteiger partial charge in [-0.15, -0.1) is 11.6 Å². The van der Waals surface area contributed by atoms with E-state index in [9.17, 15) is 4.79 Å². The van der Waals surface area contributed by atoms with E-state index in [2.05, 4.69) is 5.32 Å². The normalized spacial score (nSPS) is 21.8. The summed E-state index contributed by atoms with van der Waals surface area (Å²) in [6.07, 6.45) is 6.80. The van der Waals surface area contributed by atoms with Gasteiger partial charge in [0.1, 0.15) is 0 Å². The Bertz CT molecular complexity index is 233. The third-order valence-corrected chi connectivity index (χ3v) is 2.19. The van der Waals surface area contributed by atoms with E-state index in [1.807, 2.05) is 18.2 Å². The molecule has 2 nitrogen and oxygen atoms in total. The molecule has 0 fully saturated rings. The van der Waals surface area contributed by atoms with Gasteiger partial charge in [0.2, 0.25) is 5.91 Å². The third-order valence-electron chi connectivity index (χ3n) is 1.73. The molecule has 1 aliphatic carbocycles. The van der Waals surface area contributed by atoms with Crippen LogP contribution in [0.4, 0.5) is 0 Å². The first-order valence-corrected chi connectivity index (χ1v) is 4.38. The zero-order valence-electron chi connectivity index (χ0n) is 7.01. The number of amides is 1. The highest BCUT2D eigenvalue weighted by molar-refractivity contribution is 6.22. The fourth-order valence-electron chi connectivity index (χ4n) is 1.04. The predicted octanol–water partition coefficient (Wildman–Crippen LogP) is 1.62. The molecule has 0 heterocycles. The van der Waals surface area contributed by atoms with Gasteiger partial charge in [0.05, 0.1) is 5.38 Å². The lowest BCUT2D eigenvalue weighted by atomic mass is 10.0. The van der Waals surface area contributed by atoms with Gasteiger partial charge in [-0.25, -0.2) is 0 Å². The molecule has 0 radical (unpaired) electrons. The fraction of sp³-hybridized carbons (Fsp3) is 0.444. The van der Waals surface area contributed by atoms with Crippen molar-refractivity contribution in [3.63, 3.8) is 0 Å². The van der Waals surface area contributed by atoms with Crippen molar-refractivity contribution in [1.29, 1.82) is 0 Å². The fourth-order valence-corrected chi connectivity index (χ4v) is 1.29. The van der Waals surface area contributed by atoms with Gasteiger partial charge in [-0.3, -0.25) is 4.79 Å². The van der Waals surface area contributed by atoms with E-state index < -0.39 is 0 Å². The van der Waals surface area contributed by atoms with Crippen molar-refractivity contribution in [3.8, 4) is 0 Å². The van der Waals surface area contributed by atoms with Gasteiger partial charge >= 0.3 is 0 Å². The molecule has 1 unspecified atom stereocenters. The van der Waals surface area contributed by atoms with Crippen LogP contribution < -0.4 is 5.32 Å². The van der Waals surface area contributed by atoms with Crippen LogP contribution in [0.2, 0.25) is 0 Å². The minimum absolute atomic E-state index is 0.0191. The summed E-state index contributed by atoms with van der Waals surface area (Å²) >= 11 is 6.00. The molecule has 0 saturated heterocycles. The molecule has 1 aliphatic rings. The topological polar surface area (TPSA) is 29.1 Å². The summed E-state index contributed by atoms with van der Waals surface area (Å²) in [5.74, 6) is -0.0191. The van der Waals surface area contributed by atoms with Crippen LogP contribution in [0, 0.1) is 0 Å². The summed E-state index contributed by atoms with van der Waals surface area (Å²) in [5.41, 5.74) is 1.08. The second kappa shape index (κ2) is 4.31. The molecule has 1 rings (SSSR count). The highest BCUT2D eigenvalue weighted by Crippen LogP contribution is 2.17. The summed E-state index contributed by atoms with van der Waals surface area (Å²) in [6.45, 7) is 2.07. The number of allylic oxidation sites excluding steroid dienone is 3. The van der Waals surface area contributed by atoms with E-state index >= 15 is 0 Å². The Morgan fingerprint density at radius 1 is 1.83 bits per heavy atom. The van der Waals surface area contributed by atoms with Crippen LogP contribution in [0.15, 0.2) is 23.8 Å². The molecule has 0 spiro atoms. The molecule has 12 heavy (non-hydrogen) atoms. The quantitative estimate of drug-likeness (QED) is 0.651. The Hall–Kier alpha value is -0.760. The van der Waals surface area contributed by atoms with Crippen molar-refractivity contribution in [3.05, 3.63) is 23.8 Å². The first-order chi connectivity index (χ1) is 5.70. The molecule has 1 atom stereocenters. The Labute approximate surface area is 77.3 Å². The number of hydrogen-bond donors (Lipinski definition) is 1. The van der Waals surface area contributed by atoms with Crippen LogP contribution in [-0.2, 0) is 4.79 Å². The summed E-state index contributed by atoms with van der Waals surface area (Å²) in [5, 5.41) is 2.76. The number of alkyl halides is 1. The van der Waals surface area contributed by atoms with E-state index in [4.69, 9.17) is 11.6 Å². The van der Waals surface area contributed by atoms with Gasteiger partial charge in [-0.2, -0.15) is 0 Å². The molecule has 0 saturated carbocycles. The number of carbonyl (C=O) groups excluding carboxylic acids is 1. The van der Waals surface area contributed by atoms with E-state index in [1.54, 1.807) is 0 Å². The maximum atomic E-state index is 10.6. The number of hydrogen-bond acceptors (Lipinski definition) is 1. The van der Waals surface area contributed by atoms with Crippen LogP contribution in [0.25, 0.3) is 0 Å². The van der Waals surface area contributed by atoms with Crippen LogP contribution in [0.3, 0.4) is 0 Å². The van der Waals surface area contributed by atoms with Gasteiger partial charge in [0.15, 0.2) is 0 Å². The Balaban J connectivity index is 2.44. The molecule has 0 aromatic heterocycles. The summed E-state index contributed by atoms with van der Waals surface area (Å²) in [4.78, 5) is 10.6. The largest absolute Gasteiger partial charge is 0.353 e. The van der Waals surface area contributed by atoms with Crippen LogP contribution in [0.5, 0.6) is 0 Å². The van der Waals surface area contributed by atoms with Crippen LogP contribution >= 0.6 is 11.6 Å². The molecule has 0 aliphatic heterocycles. The SMILES string of the molecule is CC(=O)NCC1=CC=CCC1Cl. The van der Waals surface area contributed by atoms with Crippen molar-refractivity contribution in [2.75, 3.05) is 6.54 Å². The molecule has 66 valence electrons. The average Bonchev–Trinajstić information content (AvgIpc) is 2.03. The lowest BCUT2D eigenvalue weighted by Crippen LogP contribution is -2.25. The molecule has 3 heteroatoms. The number of halogens is 1. The van der Waals surface area contributed by atoms with E-state index in [0.717, 1.165) is 12.0 Å². The molecule has 1 amide bonds. The van der Waals surface area contributed by atoms with Gasteiger partial charge in [-0.1, -0.05) is 18.2 Å². The van der Waals surface area contributed by atoms with E-state index in [0.29, 0.717) is 6.54 Å². The minimum atomic E-state index is -0.0191. The second-order valence-corrected chi connectivity index (χ2v) is 3.31. The monoisotopic (exact) mass is 185 g/mol. The molecule has 0 aromatic rings. The molecule has 0 aromatic carbocycles. The Morgan fingerprint density at radius 2 is 2.58 bits per heavy atom. The zero-order valence-corrected chi connectivity index (χ0v) is 7.77.